The SMILES string of the molecule is O=C(O[C@@H](C(=O)N1CCOCC1)c1ccccc1)c1cc(O)c2ccccc2c1O. The van der Waals surface area contributed by atoms with Gasteiger partial charge in [0.1, 0.15) is 17.1 Å². The molecule has 30 heavy (non-hydrogen) atoms. The van der Waals surface area contributed by atoms with E-state index in [4.69, 9.17) is 9.47 Å². The molecular formula is C23H21NO6. The van der Waals surface area contributed by atoms with Gasteiger partial charge in [-0.25, -0.2) is 4.79 Å². The third kappa shape index (κ3) is 3.79. The quantitative estimate of drug-likeness (QED) is 0.510. The average molecular weight is 407 g/mol. The molecule has 1 heterocycles. The lowest BCUT2D eigenvalue weighted by Crippen LogP contribution is -2.44. The molecule has 1 atom stereocenters. The summed E-state index contributed by atoms with van der Waals surface area (Å²) in [5, 5.41) is 21.6. The summed E-state index contributed by atoms with van der Waals surface area (Å²) in [7, 11) is 0. The van der Waals surface area contributed by atoms with Crippen LogP contribution in [0, 0.1) is 0 Å². The second-order valence-electron chi connectivity index (χ2n) is 6.97. The second kappa shape index (κ2) is 8.42. The smallest absolute Gasteiger partial charge is 0.343 e. The molecule has 0 bridgehead atoms. The van der Waals surface area contributed by atoms with E-state index in [2.05, 4.69) is 0 Å². The van der Waals surface area contributed by atoms with Crippen LogP contribution in [-0.2, 0) is 14.3 Å². The van der Waals surface area contributed by atoms with Crippen molar-refractivity contribution >= 4 is 22.6 Å². The van der Waals surface area contributed by atoms with E-state index in [1.54, 1.807) is 59.5 Å². The van der Waals surface area contributed by atoms with Crippen molar-refractivity contribution in [1.82, 2.24) is 4.90 Å². The highest BCUT2D eigenvalue weighted by Crippen LogP contribution is 2.36. The van der Waals surface area contributed by atoms with Gasteiger partial charge in [0.2, 0.25) is 6.10 Å². The number of carbonyl (C=O) groups excluding carboxylic acids is 2. The Balaban J connectivity index is 1.68. The predicted molar refractivity (Wildman–Crippen MR) is 109 cm³/mol. The highest BCUT2D eigenvalue weighted by molar-refractivity contribution is 6.04. The lowest BCUT2D eigenvalue weighted by Gasteiger charge is -2.30. The van der Waals surface area contributed by atoms with Crippen LogP contribution >= 0.6 is 0 Å². The maximum absolute atomic E-state index is 13.1. The lowest BCUT2D eigenvalue weighted by atomic mass is 10.0. The maximum Gasteiger partial charge on any atom is 0.343 e. The topological polar surface area (TPSA) is 96.3 Å². The van der Waals surface area contributed by atoms with Crippen LogP contribution in [0.2, 0.25) is 0 Å². The second-order valence-corrected chi connectivity index (χ2v) is 6.97. The average Bonchev–Trinajstić information content (AvgIpc) is 2.80. The molecule has 0 aromatic heterocycles. The van der Waals surface area contributed by atoms with Crippen molar-refractivity contribution in [3.63, 3.8) is 0 Å². The van der Waals surface area contributed by atoms with E-state index in [0.29, 0.717) is 42.6 Å². The van der Waals surface area contributed by atoms with E-state index in [0.717, 1.165) is 6.07 Å². The van der Waals surface area contributed by atoms with Crippen molar-refractivity contribution in [1.29, 1.82) is 0 Å². The lowest BCUT2D eigenvalue weighted by molar-refractivity contribution is -0.145. The minimum absolute atomic E-state index is 0.161. The number of esters is 1. The third-order valence-electron chi connectivity index (χ3n) is 5.09. The molecule has 3 aromatic carbocycles. The summed E-state index contributed by atoms with van der Waals surface area (Å²) in [6.07, 6.45) is -1.18. The number of nitrogens with zero attached hydrogens (tertiary/aromatic N) is 1. The number of aromatic hydroxyl groups is 2. The Morgan fingerprint density at radius 3 is 2.27 bits per heavy atom. The number of carbonyl (C=O) groups is 2. The Kier molecular flexibility index (Phi) is 5.54. The van der Waals surface area contributed by atoms with Crippen LogP contribution in [0.4, 0.5) is 0 Å². The van der Waals surface area contributed by atoms with Gasteiger partial charge in [-0.05, 0) is 6.07 Å². The minimum Gasteiger partial charge on any atom is -0.507 e. The molecular weight excluding hydrogens is 386 g/mol. The summed E-state index contributed by atoms with van der Waals surface area (Å²) in [5.41, 5.74) is 0.314. The standard InChI is InChI=1S/C23H21NO6/c25-19-14-18(20(26)17-9-5-4-8-16(17)19)23(28)30-21(15-6-2-1-3-7-15)22(27)24-10-12-29-13-11-24/h1-9,14,21,25-26H,10-13H2/t21-/m1/s1. The number of morpholine rings is 1. The van der Waals surface area contributed by atoms with Crippen molar-refractivity contribution < 1.29 is 29.3 Å². The summed E-state index contributed by atoms with van der Waals surface area (Å²) >= 11 is 0. The molecule has 1 amide bonds. The Labute approximate surface area is 173 Å². The van der Waals surface area contributed by atoms with E-state index in [1.807, 2.05) is 0 Å². The van der Waals surface area contributed by atoms with Gasteiger partial charge >= 0.3 is 5.97 Å². The van der Waals surface area contributed by atoms with Crippen molar-refractivity contribution in [2.24, 2.45) is 0 Å². The fourth-order valence-electron chi connectivity index (χ4n) is 3.51. The summed E-state index contributed by atoms with van der Waals surface area (Å²) < 4.78 is 10.9. The predicted octanol–water partition coefficient (Wildman–Crippen LogP) is 3.01. The van der Waals surface area contributed by atoms with Crippen molar-refractivity contribution in [2.75, 3.05) is 26.3 Å². The van der Waals surface area contributed by atoms with E-state index >= 15 is 0 Å². The molecule has 4 rings (SSSR count). The van der Waals surface area contributed by atoms with Crippen LogP contribution in [0.15, 0.2) is 60.7 Å². The van der Waals surface area contributed by atoms with E-state index < -0.39 is 12.1 Å². The highest BCUT2D eigenvalue weighted by atomic mass is 16.5. The first-order valence-electron chi connectivity index (χ1n) is 9.62. The van der Waals surface area contributed by atoms with E-state index in [1.165, 1.54) is 0 Å². The molecule has 2 N–H and O–H groups in total. The molecule has 7 heteroatoms. The van der Waals surface area contributed by atoms with E-state index in [9.17, 15) is 19.8 Å². The Morgan fingerprint density at radius 2 is 1.57 bits per heavy atom. The van der Waals surface area contributed by atoms with Gasteiger partial charge in [-0.3, -0.25) is 4.79 Å². The molecule has 1 aliphatic heterocycles. The third-order valence-corrected chi connectivity index (χ3v) is 5.09. The summed E-state index contributed by atoms with van der Waals surface area (Å²) in [6, 6.07) is 16.5. The number of benzene rings is 3. The van der Waals surface area contributed by atoms with Gasteiger partial charge in [-0.15, -0.1) is 0 Å². The van der Waals surface area contributed by atoms with Gasteiger partial charge in [0, 0.05) is 29.4 Å². The van der Waals surface area contributed by atoms with Gasteiger partial charge < -0.3 is 24.6 Å². The zero-order chi connectivity index (χ0) is 21.1. The van der Waals surface area contributed by atoms with E-state index in [-0.39, 0.29) is 23.0 Å². The normalized spacial score (nSPS) is 15.0. The molecule has 1 saturated heterocycles. The molecule has 0 radical (unpaired) electrons. The molecule has 154 valence electrons. The molecule has 7 nitrogen and oxygen atoms in total. The number of hydrogen-bond acceptors (Lipinski definition) is 6. The van der Waals surface area contributed by atoms with Crippen LogP contribution in [0.3, 0.4) is 0 Å². The summed E-state index contributed by atoms with van der Waals surface area (Å²) in [6.45, 7) is 1.64. The zero-order valence-corrected chi connectivity index (χ0v) is 16.2. The number of fused-ring (bicyclic) bond motifs is 1. The number of ether oxygens (including phenoxy) is 2. The minimum atomic E-state index is -1.18. The Morgan fingerprint density at radius 1 is 0.933 bits per heavy atom. The summed E-state index contributed by atoms with van der Waals surface area (Å²) in [4.78, 5) is 27.6. The molecule has 0 spiro atoms. The number of phenolic OH excluding ortho intramolecular Hbond substituents is 2. The van der Waals surface area contributed by atoms with Crippen molar-refractivity contribution in [3.8, 4) is 11.5 Å². The zero-order valence-electron chi connectivity index (χ0n) is 16.2. The van der Waals surface area contributed by atoms with Crippen molar-refractivity contribution in [3.05, 3.63) is 71.8 Å². The van der Waals surface area contributed by atoms with Gasteiger partial charge in [0.15, 0.2) is 0 Å². The first kappa shape index (κ1) is 19.7. The Hall–Kier alpha value is -3.58. The number of amides is 1. The van der Waals surface area contributed by atoms with Crippen LogP contribution in [-0.4, -0.2) is 53.3 Å². The first-order chi connectivity index (χ1) is 14.6. The molecule has 1 fully saturated rings. The summed E-state index contributed by atoms with van der Waals surface area (Å²) in [5.74, 6) is -1.73. The van der Waals surface area contributed by atoms with Crippen molar-refractivity contribution in [2.45, 2.75) is 6.10 Å². The molecule has 0 saturated carbocycles. The Bertz CT molecular complexity index is 1080. The fourth-order valence-corrected chi connectivity index (χ4v) is 3.51. The monoisotopic (exact) mass is 407 g/mol. The molecule has 3 aromatic rings. The molecule has 0 aliphatic carbocycles. The fraction of sp³-hybridized carbons (Fsp3) is 0.217. The van der Waals surface area contributed by atoms with Gasteiger partial charge in [0.05, 0.1) is 13.2 Å². The largest absolute Gasteiger partial charge is 0.507 e. The number of hydrogen-bond donors (Lipinski definition) is 2. The van der Waals surface area contributed by atoms with Crippen LogP contribution in [0.5, 0.6) is 11.5 Å². The van der Waals surface area contributed by atoms with Crippen LogP contribution in [0.1, 0.15) is 22.0 Å². The highest BCUT2D eigenvalue weighted by Gasteiger charge is 2.32. The number of phenols is 2. The molecule has 0 unspecified atom stereocenters. The van der Waals surface area contributed by atoms with Crippen LogP contribution < -0.4 is 0 Å². The van der Waals surface area contributed by atoms with Gasteiger partial charge in [-0.2, -0.15) is 0 Å². The van der Waals surface area contributed by atoms with Crippen LogP contribution in [0.25, 0.3) is 10.8 Å². The number of rotatable bonds is 4. The molecule has 1 aliphatic rings. The van der Waals surface area contributed by atoms with Gasteiger partial charge in [0.25, 0.3) is 5.91 Å². The first-order valence-corrected chi connectivity index (χ1v) is 9.62. The van der Waals surface area contributed by atoms with Gasteiger partial charge in [-0.1, -0.05) is 54.6 Å². The maximum atomic E-state index is 13.1.